The van der Waals surface area contributed by atoms with Crippen LogP contribution < -0.4 is 5.32 Å². The van der Waals surface area contributed by atoms with Crippen LogP contribution in [0.25, 0.3) is 22.4 Å². The van der Waals surface area contributed by atoms with Crippen LogP contribution in [0.2, 0.25) is 0 Å². The number of aryl methyl sites for hydroxylation is 2. The van der Waals surface area contributed by atoms with Gasteiger partial charge in [-0.25, -0.2) is 23.1 Å². The van der Waals surface area contributed by atoms with Gasteiger partial charge in [-0.15, -0.1) is 0 Å². The zero-order chi connectivity index (χ0) is 19.1. The molecule has 27 heavy (non-hydrogen) atoms. The monoisotopic (exact) mass is 370 g/mol. The number of hydrogen-bond acceptors (Lipinski definition) is 5. The Balaban J connectivity index is 1.75. The van der Waals surface area contributed by atoms with Gasteiger partial charge in [0.15, 0.2) is 23.1 Å². The number of benzene rings is 1. The molecule has 136 valence electrons. The summed E-state index contributed by atoms with van der Waals surface area (Å²) in [4.78, 5) is 12.9. The fourth-order valence-electron chi connectivity index (χ4n) is 2.63. The number of rotatable bonds is 3. The Morgan fingerprint density at radius 3 is 2.59 bits per heavy atom. The first-order chi connectivity index (χ1) is 12.9. The second-order valence-electron chi connectivity index (χ2n) is 6.00. The van der Waals surface area contributed by atoms with Crippen LogP contribution in [-0.4, -0.2) is 24.7 Å². The lowest BCUT2D eigenvalue weighted by Crippen LogP contribution is -2.04. The highest BCUT2D eigenvalue weighted by Crippen LogP contribution is 2.28. The minimum atomic E-state index is -1.31. The number of halogens is 3. The maximum absolute atomic E-state index is 14.2. The molecule has 0 spiro atoms. The Morgan fingerprint density at radius 2 is 1.85 bits per heavy atom. The first kappa shape index (κ1) is 17.0. The standard InChI is InChI=1S/C18H13F3N6/c1-9-5-11(19)16(21)17(15(9)20)25-14-4-3-12-18(26-14)24-13(7-22-12)10-6-23-27(2)8-10/h3-8H,1-2H3,(H,24,25,26). The lowest BCUT2D eigenvalue weighted by molar-refractivity contribution is 0.497. The van der Waals surface area contributed by atoms with E-state index in [-0.39, 0.29) is 17.0 Å². The van der Waals surface area contributed by atoms with Crippen molar-refractivity contribution >= 4 is 22.7 Å². The van der Waals surface area contributed by atoms with Gasteiger partial charge in [-0.1, -0.05) is 0 Å². The van der Waals surface area contributed by atoms with E-state index in [0.29, 0.717) is 11.2 Å². The number of nitrogens with one attached hydrogen (secondary N) is 1. The van der Waals surface area contributed by atoms with Gasteiger partial charge in [0.25, 0.3) is 0 Å². The van der Waals surface area contributed by atoms with Gasteiger partial charge in [0.1, 0.15) is 17.0 Å². The molecule has 0 fully saturated rings. The number of anilines is 2. The van der Waals surface area contributed by atoms with Crippen LogP contribution in [-0.2, 0) is 7.05 Å². The maximum Gasteiger partial charge on any atom is 0.185 e. The number of fused-ring (bicyclic) bond motifs is 1. The van der Waals surface area contributed by atoms with Crippen molar-refractivity contribution in [3.05, 3.63) is 59.8 Å². The SMILES string of the molecule is Cc1cc(F)c(F)c(Nc2ccc3ncc(-c4cnn(C)c4)nc3n2)c1F. The Bertz CT molecular complexity index is 1150. The van der Waals surface area contributed by atoms with Gasteiger partial charge in [-0.3, -0.25) is 9.67 Å². The highest BCUT2D eigenvalue weighted by atomic mass is 19.2. The van der Waals surface area contributed by atoms with E-state index in [1.807, 2.05) is 0 Å². The van der Waals surface area contributed by atoms with E-state index < -0.39 is 23.1 Å². The molecule has 0 amide bonds. The van der Waals surface area contributed by atoms with Gasteiger partial charge in [0.2, 0.25) is 0 Å². The van der Waals surface area contributed by atoms with Gasteiger partial charge in [-0.2, -0.15) is 5.10 Å². The summed E-state index contributed by atoms with van der Waals surface area (Å²) in [5, 5.41) is 6.57. The molecule has 0 aliphatic heterocycles. The van der Waals surface area contributed by atoms with Crippen LogP contribution in [0.3, 0.4) is 0 Å². The van der Waals surface area contributed by atoms with Crippen molar-refractivity contribution < 1.29 is 13.2 Å². The fraction of sp³-hybridized carbons (Fsp3) is 0.111. The lowest BCUT2D eigenvalue weighted by atomic mass is 10.2. The van der Waals surface area contributed by atoms with Gasteiger partial charge < -0.3 is 5.32 Å². The van der Waals surface area contributed by atoms with Crippen LogP contribution >= 0.6 is 0 Å². The molecule has 0 bridgehead atoms. The molecule has 4 aromatic rings. The van der Waals surface area contributed by atoms with Gasteiger partial charge in [0.05, 0.1) is 18.1 Å². The Hall–Kier alpha value is -3.49. The zero-order valence-electron chi connectivity index (χ0n) is 14.3. The van der Waals surface area contributed by atoms with Crippen molar-refractivity contribution in [3.8, 4) is 11.3 Å². The molecule has 0 aliphatic carbocycles. The first-order valence-corrected chi connectivity index (χ1v) is 7.96. The molecular weight excluding hydrogens is 357 g/mol. The molecule has 6 nitrogen and oxygen atoms in total. The van der Waals surface area contributed by atoms with E-state index in [9.17, 15) is 13.2 Å². The zero-order valence-corrected chi connectivity index (χ0v) is 14.3. The molecule has 0 atom stereocenters. The lowest BCUT2D eigenvalue weighted by Gasteiger charge is -2.11. The van der Waals surface area contributed by atoms with E-state index in [1.165, 1.54) is 13.0 Å². The highest BCUT2D eigenvalue weighted by molar-refractivity contribution is 5.76. The second-order valence-corrected chi connectivity index (χ2v) is 6.00. The average molecular weight is 370 g/mol. The van der Waals surface area contributed by atoms with E-state index in [0.717, 1.165) is 11.6 Å². The van der Waals surface area contributed by atoms with Crippen molar-refractivity contribution in [3.63, 3.8) is 0 Å². The number of hydrogen-bond donors (Lipinski definition) is 1. The fourth-order valence-corrected chi connectivity index (χ4v) is 2.63. The summed E-state index contributed by atoms with van der Waals surface area (Å²) in [6, 6.07) is 3.89. The van der Waals surface area contributed by atoms with E-state index >= 15 is 0 Å². The number of nitrogens with zero attached hydrogens (tertiary/aromatic N) is 5. The van der Waals surface area contributed by atoms with Crippen LogP contribution in [0.1, 0.15) is 5.56 Å². The molecule has 3 heterocycles. The summed E-state index contributed by atoms with van der Waals surface area (Å²) in [5.41, 5.74) is 1.47. The van der Waals surface area contributed by atoms with Gasteiger partial charge in [0, 0.05) is 18.8 Å². The molecule has 1 N–H and O–H groups in total. The van der Waals surface area contributed by atoms with E-state index in [1.54, 1.807) is 36.4 Å². The Kier molecular flexibility index (Phi) is 3.98. The van der Waals surface area contributed by atoms with Crippen molar-refractivity contribution in [2.45, 2.75) is 6.92 Å². The number of pyridine rings is 1. The highest BCUT2D eigenvalue weighted by Gasteiger charge is 2.17. The molecular formula is C18H13F3N6. The molecule has 0 unspecified atom stereocenters. The molecule has 1 aromatic carbocycles. The van der Waals surface area contributed by atoms with Crippen LogP contribution in [0.15, 0.2) is 36.8 Å². The summed E-state index contributed by atoms with van der Waals surface area (Å²) in [6.45, 7) is 1.35. The quantitative estimate of drug-likeness (QED) is 0.554. The third-order valence-corrected chi connectivity index (χ3v) is 4.00. The predicted octanol–water partition coefficient (Wildman–Crippen LogP) is 3.89. The van der Waals surface area contributed by atoms with Crippen LogP contribution in [0.4, 0.5) is 24.7 Å². The average Bonchev–Trinajstić information content (AvgIpc) is 3.09. The summed E-state index contributed by atoms with van der Waals surface area (Å²) >= 11 is 0. The molecule has 0 saturated heterocycles. The van der Waals surface area contributed by atoms with Crippen molar-refractivity contribution in [1.29, 1.82) is 0 Å². The second kappa shape index (κ2) is 6.35. The summed E-state index contributed by atoms with van der Waals surface area (Å²) in [6.07, 6.45) is 5.00. The van der Waals surface area contributed by atoms with E-state index in [2.05, 4.69) is 25.4 Å². The predicted molar refractivity (Wildman–Crippen MR) is 93.9 cm³/mol. The van der Waals surface area contributed by atoms with Crippen molar-refractivity contribution in [2.24, 2.45) is 7.05 Å². The minimum absolute atomic E-state index is 0.0177. The van der Waals surface area contributed by atoms with Crippen molar-refractivity contribution in [2.75, 3.05) is 5.32 Å². The molecule has 0 radical (unpaired) electrons. The third-order valence-electron chi connectivity index (χ3n) is 4.00. The number of aromatic nitrogens is 5. The Morgan fingerprint density at radius 1 is 1.04 bits per heavy atom. The molecule has 0 saturated carbocycles. The summed E-state index contributed by atoms with van der Waals surface area (Å²) in [7, 11) is 1.78. The van der Waals surface area contributed by atoms with Gasteiger partial charge >= 0.3 is 0 Å². The smallest absolute Gasteiger partial charge is 0.185 e. The van der Waals surface area contributed by atoms with Crippen molar-refractivity contribution in [1.82, 2.24) is 24.7 Å². The van der Waals surface area contributed by atoms with Crippen LogP contribution in [0, 0.1) is 24.4 Å². The normalized spacial score (nSPS) is 11.1. The molecule has 9 heteroatoms. The van der Waals surface area contributed by atoms with Crippen LogP contribution in [0.5, 0.6) is 0 Å². The molecule has 3 aromatic heterocycles. The topological polar surface area (TPSA) is 68.5 Å². The summed E-state index contributed by atoms with van der Waals surface area (Å²) < 4.78 is 43.4. The molecule has 4 rings (SSSR count). The third kappa shape index (κ3) is 3.07. The first-order valence-electron chi connectivity index (χ1n) is 7.96. The Labute approximate surface area is 151 Å². The minimum Gasteiger partial charge on any atom is -0.335 e. The van der Waals surface area contributed by atoms with E-state index in [4.69, 9.17) is 0 Å². The summed E-state index contributed by atoms with van der Waals surface area (Å²) in [5.74, 6) is -3.22. The maximum atomic E-state index is 14.2. The largest absolute Gasteiger partial charge is 0.335 e. The van der Waals surface area contributed by atoms with Gasteiger partial charge in [-0.05, 0) is 30.7 Å². The molecule has 0 aliphatic rings.